The molecule has 0 bridgehead atoms. The maximum Gasteiger partial charge on any atom is 0.356 e. The molecule has 2 rings (SSSR count). The van der Waals surface area contributed by atoms with Gasteiger partial charge in [0.1, 0.15) is 5.75 Å². The van der Waals surface area contributed by atoms with E-state index in [1.165, 1.54) is 0 Å². The lowest BCUT2D eigenvalue weighted by molar-refractivity contribution is 0.0690. The highest BCUT2D eigenvalue weighted by Gasteiger charge is 2.16. The van der Waals surface area contributed by atoms with Crippen molar-refractivity contribution in [3.8, 4) is 11.4 Å². The smallest absolute Gasteiger partial charge is 0.356 e. The van der Waals surface area contributed by atoms with Gasteiger partial charge in [-0.1, -0.05) is 13.8 Å². The number of carboxylic acid groups (broad SMARTS) is 1. The minimum absolute atomic E-state index is 0.0353. The zero-order chi connectivity index (χ0) is 14.9. The molecule has 0 saturated carbocycles. The summed E-state index contributed by atoms with van der Waals surface area (Å²) in [6.07, 6.45) is 0.737. The minimum atomic E-state index is -1.04. The number of phenolic OH excluding ortho intramolecular Hbond substituents is 1. The van der Waals surface area contributed by atoms with Crippen LogP contribution in [0.1, 0.15) is 35.6 Å². The Morgan fingerprint density at radius 2 is 2.05 bits per heavy atom. The van der Waals surface area contributed by atoms with Crippen LogP contribution in [0, 0.1) is 12.8 Å². The fraction of sp³-hybridized carbons (Fsp3) is 0.333. The lowest BCUT2D eigenvalue weighted by Gasteiger charge is -2.11. The first-order chi connectivity index (χ1) is 9.38. The van der Waals surface area contributed by atoms with E-state index in [0.717, 1.165) is 23.4 Å². The van der Waals surface area contributed by atoms with Crippen molar-refractivity contribution in [1.82, 2.24) is 9.78 Å². The lowest BCUT2D eigenvalue weighted by atomic mass is 10.1. The van der Waals surface area contributed by atoms with Gasteiger partial charge in [0, 0.05) is 5.69 Å². The molecule has 0 spiro atoms. The van der Waals surface area contributed by atoms with Gasteiger partial charge in [-0.2, -0.15) is 5.10 Å². The van der Waals surface area contributed by atoms with Crippen molar-refractivity contribution in [2.24, 2.45) is 5.92 Å². The van der Waals surface area contributed by atoms with Crippen LogP contribution in [-0.4, -0.2) is 26.0 Å². The van der Waals surface area contributed by atoms with E-state index in [0.29, 0.717) is 5.92 Å². The highest BCUT2D eigenvalue weighted by Crippen LogP contribution is 2.22. The molecule has 0 aliphatic heterocycles. The Morgan fingerprint density at radius 3 is 2.60 bits per heavy atom. The summed E-state index contributed by atoms with van der Waals surface area (Å²) in [5.41, 5.74) is 2.51. The molecule has 0 atom stereocenters. The predicted molar refractivity (Wildman–Crippen MR) is 75.5 cm³/mol. The number of benzene rings is 1. The molecule has 5 heteroatoms. The zero-order valence-electron chi connectivity index (χ0n) is 11.8. The number of hydrogen-bond acceptors (Lipinski definition) is 3. The van der Waals surface area contributed by atoms with Crippen LogP contribution in [0.2, 0.25) is 0 Å². The third-order valence-corrected chi connectivity index (χ3v) is 3.03. The third-order valence-electron chi connectivity index (χ3n) is 3.03. The normalized spacial score (nSPS) is 11.0. The molecule has 2 aromatic rings. The number of aromatic hydroxyl groups is 1. The van der Waals surface area contributed by atoms with E-state index in [4.69, 9.17) is 5.11 Å². The van der Waals surface area contributed by atoms with E-state index in [-0.39, 0.29) is 11.4 Å². The highest BCUT2D eigenvalue weighted by molar-refractivity contribution is 5.85. The summed E-state index contributed by atoms with van der Waals surface area (Å²) in [6, 6.07) is 6.56. The number of carboxylic acids is 1. The fourth-order valence-corrected chi connectivity index (χ4v) is 2.17. The maximum atomic E-state index is 11.1. The van der Waals surface area contributed by atoms with Gasteiger partial charge in [0.25, 0.3) is 0 Å². The van der Waals surface area contributed by atoms with Crippen LogP contribution in [0.25, 0.3) is 5.69 Å². The molecule has 0 saturated heterocycles. The lowest BCUT2D eigenvalue weighted by Crippen LogP contribution is -2.07. The number of rotatable bonds is 4. The molecule has 106 valence electrons. The molecular formula is C15H18N2O3. The summed E-state index contributed by atoms with van der Waals surface area (Å²) in [4.78, 5) is 11.1. The maximum absolute atomic E-state index is 11.1. The van der Waals surface area contributed by atoms with Crippen molar-refractivity contribution in [3.63, 3.8) is 0 Å². The second kappa shape index (κ2) is 5.36. The monoisotopic (exact) mass is 274 g/mol. The summed E-state index contributed by atoms with van der Waals surface area (Å²) < 4.78 is 1.65. The second-order valence-electron chi connectivity index (χ2n) is 5.31. The number of aryl methyl sites for hydroxylation is 1. The largest absolute Gasteiger partial charge is 0.508 e. The van der Waals surface area contributed by atoms with E-state index in [2.05, 4.69) is 18.9 Å². The van der Waals surface area contributed by atoms with E-state index >= 15 is 0 Å². The van der Waals surface area contributed by atoms with Crippen LogP contribution in [0.4, 0.5) is 0 Å². The van der Waals surface area contributed by atoms with E-state index in [1.807, 2.05) is 6.92 Å². The molecule has 2 N–H and O–H groups in total. The molecule has 0 aliphatic rings. The topological polar surface area (TPSA) is 75.3 Å². The number of phenols is 1. The second-order valence-corrected chi connectivity index (χ2v) is 5.31. The number of aromatic carboxylic acids is 1. The third kappa shape index (κ3) is 2.82. The van der Waals surface area contributed by atoms with Gasteiger partial charge in [-0.05, 0) is 49.1 Å². The summed E-state index contributed by atoms with van der Waals surface area (Å²) in [7, 11) is 0. The molecule has 1 aromatic carbocycles. The number of aromatic nitrogens is 2. The Hall–Kier alpha value is -2.30. The van der Waals surface area contributed by atoms with Gasteiger partial charge < -0.3 is 10.2 Å². The Balaban J connectivity index is 2.55. The van der Waals surface area contributed by atoms with Crippen molar-refractivity contribution < 1.29 is 15.0 Å². The van der Waals surface area contributed by atoms with E-state index in [9.17, 15) is 9.90 Å². The van der Waals surface area contributed by atoms with Gasteiger partial charge in [-0.3, -0.25) is 0 Å². The van der Waals surface area contributed by atoms with Crippen molar-refractivity contribution in [2.75, 3.05) is 0 Å². The molecule has 1 aromatic heterocycles. The molecule has 0 fully saturated rings. The molecule has 0 unspecified atom stereocenters. The minimum Gasteiger partial charge on any atom is -0.508 e. The first kappa shape index (κ1) is 14.1. The van der Waals surface area contributed by atoms with Crippen molar-refractivity contribution in [1.29, 1.82) is 0 Å². The van der Waals surface area contributed by atoms with Gasteiger partial charge >= 0.3 is 5.97 Å². The molecule has 20 heavy (non-hydrogen) atoms. The molecular weight excluding hydrogens is 256 g/mol. The van der Waals surface area contributed by atoms with Crippen LogP contribution in [0.5, 0.6) is 5.75 Å². The number of carbonyl (C=O) groups is 1. The van der Waals surface area contributed by atoms with Crippen LogP contribution >= 0.6 is 0 Å². The Kier molecular flexibility index (Phi) is 3.79. The molecule has 5 nitrogen and oxygen atoms in total. The van der Waals surface area contributed by atoms with Crippen molar-refractivity contribution in [2.45, 2.75) is 27.2 Å². The predicted octanol–water partition coefficient (Wildman–Crippen LogP) is 2.78. The summed E-state index contributed by atoms with van der Waals surface area (Å²) in [5.74, 6) is -0.461. The first-order valence-electron chi connectivity index (χ1n) is 6.50. The first-order valence-corrected chi connectivity index (χ1v) is 6.50. The number of hydrogen-bond donors (Lipinski definition) is 2. The Morgan fingerprint density at radius 1 is 1.35 bits per heavy atom. The van der Waals surface area contributed by atoms with Gasteiger partial charge in [0.2, 0.25) is 0 Å². The van der Waals surface area contributed by atoms with Crippen LogP contribution < -0.4 is 0 Å². The zero-order valence-corrected chi connectivity index (χ0v) is 11.8. The molecule has 0 aliphatic carbocycles. The molecule has 1 heterocycles. The summed E-state index contributed by atoms with van der Waals surface area (Å²) >= 11 is 0. The average molecular weight is 274 g/mol. The number of nitrogens with zero attached hydrogens (tertiary/aromatic N) is 2. The van der Waals surface area contributed by atoms with E-state index < -0.39 is 5.97 Å². The van der Waals surface area contributed by atoms with Crippen LogP contribution in [0.3, 0.4) is 0 Å². The Labute approximate surface area is 117 Å². The van der Waals surface area contributed by atoms with Crippen LogP contribution in [-0.2, 0) is 6.42 Å². The van der Waals surface area contributed by atoms with E-state index in [1.54, 1.807) is 28.9 Å². The SMILES string of the molecule is Cc1cc(O)ccc1-n1nc(C(=O)O)cc1CC(C)C. The van der Waals surface area contributed by atoms with Gasteiger partial charge in [-0.25, -0.2) is 9.48 Å². The summed E-state index contributed by atoms with van der Waals surface area (Å²) in [5, 5.41) is 22.7. The average Bonchev–Trinajstić information content (AvgIpc) is 2.72. The molecule has 0 amide bonds. The standard InChI is InChI=1S/C15H18N2O3/c1-9(2)6-11-8-13(15(19)20)16-17(11)14-5-4-12(18)7-10(14)3/h4-5,7-9,18H,6H2,1-3H3,(H,19,20). The fourth-order valence-electron chi connectivity index (χ4n) is 2.17. The van der Waals surface area contributed by atoms with Crippen molar-refractivity contribution in [3.05, 3.63) is 41.2 Å². The van der Waals surface area contributed by atoms with Crippen LogP contribution in [0.15, 0.2) is 24.3 Å². The Bertz CT molecular complexity index is 645. The van der Waals surface area contributed by atoms with Gasteiger partial charge in [0.15, 0.2) is 5.69 Å². The van der Waals surface area contributed by atoms with Gasteiger partial charge in [0.05, 0.1) is 5.69 Å². The van der Waals surface area contributed by atoms with Crippen molar-refractivity contribution >= 4 is 5.97 Å². The summed E-state index contributed by atoms with van der Waals surface area (Å²) in [6.45, 7) is 6.00. The quantitative estimate of drug-likeness (QED) is 0.899. The highest BCUT2D eigenvalue weighted by atomic mass is 16.4. The van der Waals surface area contributed by atoms with Gasteiger partial charge in [-0.15, -0.1) is 0 Å². The molecule has 0 radical (unpaired) electrons.